The molecule has 3 rings (SSSR count). The summed E-state index contributed by atoms with van der Waals surface area (Å²) in [5.41, 5.74) is 5.76. The first-order valence-corrected chi connectivity index (χ1v) is 7.38. The summed E-state index contributed by atoms with van der Waals surface area (Å²) in [7, 11) is 0. The molecule has 5 nitrogen and oxygen atoms in total. The van der Waals surface area contributed by atoms with Crippen LogP contribution in [0.2, 0.25) is 0 Å². The lowest BCUT2D eigenvalue weighted by Crippen LogP contribution is -2.35. The number of aromatic carboxylic acids is 1. The smallest absolute Gasteiger partial charge is 0.340 e. The van der Waals surface area contributed by atoms with E-state index in [-0.39, 0.29) is 11.3 Å². The van der Waals surface area contributed by atoms with Gasteiger partial charge in [0, 0.05) is 19.1 Å². The predicted octanol–water partition coefficient (Wildman–Crippen LogP) is 1.78. The number of carbonyl (C=O) groups is 1. The van der Waals surface area contributed by atoms with Crippen LogP contribution in [0, 0.1) is 5.82 Å². The molecule has 2 saturated heterocycles. The zero-order chi connectivity index (χ0) is 15.0. The van der Waals surface area contributed by atoms with Crippen molar-refractivity contribution in [3.63, 3.8) is 0 Å². The lowest BCUT2D eigenvalue weighted by molar-refractivity contribution is 0.0698. The summed E-state index contributed by atoms with van der Waals surface area (Å²) in [4.78, 5) is 15.9. The lowest BCUT2D eigenvalue weighted by atomic mass is 10.1. The number of rotatable bonds is 3. The Labute approximate surface area is 123 Å². The minimum absolute atomic E-state index is 0.114. The molecule has 0 aromatic heterocycles. The van der Waals surface area contributed by atoms with Crippen molar-refractivity contribution in [3.8, 4) is 0 Å². The van der Waals surface area contributed by atoms with Crippen molar-refractivity contribution in [1.29, 1.82) is 0 Å². The number of likely N-dealkylation sites (tertiary alicyclic amines) is 1. The van der Waals surface area contributed by atoms with Crippen molar-refractivity contribution in [1.82, 2.24) is 4.90 Å². The number of hydrogen-bond donors (Lipinski definition) is 2. The Morgan fingerprint density at radius 2 is 2.00 bits per heavy atom. The van der Waals surface area contributed by atoms with Gasteiger partial charge >= 0.3 is 5.97 Å². The van der Waals surface area contributed by atoms with Crippen molar-refractivity contribution in [2.75, 3.05) is 36.8 Å². The number of carboxylic acid groups (broad SMARTS) is 1. The Balaban J connectivity index is 1.84. The molecule has 6 heteroatoms. The summed E-state index contributed by atoms with van der Waals surface area (Å²) < 4.78 is 13.5. The number of nitrogens with zero attached hydrogens (tertiary/aromatic N) is 2. The van der Waals surface area contributed by atoms with Gasteiger partial charge in [0.25, 0.3) is 0 Å². The van der Waals surface area contributed by atoms with Crippen molar-refractivity contribution in [2.24, 2.45) is 0 Å². The van der Waals surface area contributed by atoms with Gasteiger partial charge in [0.15, 0.2) is 0 Å². The van der Waals surface area contributed by atoms with E-state index in [4.69, 9.17) is 5.73 Å². The Kier molecular flexibility index (Phi) is 3.71. The highest BCUT2D eigenvalue weighted by Gasteiger charge is 2.31. The summed E-state index contributed by atoms with van der Waals surface area (Å²) in [6, 6.07) is 3.24. The van der Waals surface area contributed by atoms with Crippen LogP contribution in [-0.4, -0.2) is 48.2 Å². The molecule has 1 aromatic carbocycles. The molecule has 0 aliphatic carbocycles. The summed E-state index contributed by atoms with van der Waals surface area (Å²) in [6.07, 6.45) is 3.48. The summed E-state index contributed by atoms with van der Waals surface area (Å²) >= 11 is 0. The van der Waals surface area contributed by atoms with Crippen LogP contribution < -0.4 is 10.6 Å². The fourth-order valence-electron chi connectivity index (χ4n) is 3.44. The highest BCUT2D eigenvalue weighted by Crippen LogP contribution is 2.32. The minimum Gasteiger partial charge on any atom is -0.478 e. The van der Waals surface area contributed by atoms with E-state index in [1.807, 2.05) is 4.90 Å². The zero-order valence-corrected chi connectivity index (χ0v) is 11.9. The Hall–Kier alpha value is -1.82. The molecule has 2 aliphatic rings. The molecule has 3 N–H and O–H groups in total. The molecular weight excluding hydrogens is 273 g/mol. The minimum atomic E-state index is -1.17. The fourth-order valence-corrected chi connectivity index (χ4v) is 3.44. The number of carboxylic acids is 1. The summed E-state index contributed by atoms with van der Waals surface area (Å²) in [5.74, 6) is -1.85. The second-order valence-corrected chi connectivity index (χ2v) is 5.79. The molecule has 21 heavy (non-hydrogen) atoms. The molecule has 2 aliphatic heterocycles. The Morgan fingerprint density at radius 3 is 2.67 bits per heavy atom. The van der Waals surface area contributed by atoms with Crippen LogP contribution in [-0.2, 0) is 0 Å². The molecule has 0 saturated carbocycles. The topological polar surface area (TPSA) is 69.8 Å². The number of halogens is 1. The Bertz CT molecular complexity index is 558. The maximum Gasteiger partial charge on any atom is 0.340 e. The highest BCUT2D eigenvalue weighted by atomic mass is 19.1. The summed E-state index contributed by atoms with van der Waals surface area (Å²) in [5, 5.41) is 9.32. The number of hydrogen-bond acceptors (Lipinski definition) is 4. The van der Waals surface area contributed by atoms with Gasteiger partial charge in [0.1, 0.15) is 11.4 Å². The monoisotopic (exact) mass is 293 g/mol. The number of nitrogens with two attached hydrogens (primary N) is 1. The van der Waals surface area contributed by atoms with Gasteiger partial charge in [-0.3, -0.25) is 4.90 Å². The van der Waals surface area contributed by atoms with E-state index in [1.165, 1.54) is 25.0 Å². The van der Waals surface area contributed by atoms with E-state index >= 15 is 0 Å². The van der Waals surface area contributed by atoms with E-state index in [9.17, 15) is 14.3 Å². The molecule has 1 atom stereocenters. The molecule has 0 radical (unpaired) electrons. The van der Waals surface area contributed by atoms with Crippen LogP contribution in [0.25, 0.3) is 0 Å². The first kappa shape index (κ1) is 14.1. The molecule has 114 valence electrons. The lowest BCUT2D eigenvalue weighted by Gasteiger charge is -2.25. The molecule has 1 unspecified atom stereocenters. The predicted molar refractivity (Wildman–Crippen MR) is 79.2 cm³/mol. The molecule has 0 bridgehead atoms. The third-order valence-electron chi connectivity index (χ3n) is 4.55. The molecule has 2 heterocycles. The molecular formula is C15H20FN3O2. The van der Waals surface area contributed by atoms with Crippen LogP contribution in [0.5, 0.6) is 0 Å². The normalized spacial score (nSPS) is 22.9. The van der Waals surface area contributed by atoms with Gasteiger partial charge in [0.2, 0.25) is 0 Å². The third-order valence-corrected chi connectivity index (χ3v) is 4.55. The van der Waals surface area contributed by atoms with Crippen molar-refractivity contribution in [2.45, 2.75) is 25.3 Å². The first-order valence-electron chi connectivity index (χ1n) is 7.38. The average Bonchev–Trinajstić information content (AvgIpc) is 3.10. The number of anilines is 2. The van der Waals surface area contributed by atoms with E-state index in [2.05, 4.69) is 4.90 Å². The van der Waals surface area contributed by atoms with Gasteiger partial charge in [-0.05, 0) is 44.5 Å². The van der Waals surface area contributed by atoms with Crippen molar-refractivity contribution < 1.29 is 14.3 Å². The van der Waals surface area contributed by atoms with Gasteiger partial charge in [-0.1, -0.05) is 0 Å². The third kappa shape index (κ3) is 2.55. The zero-order valence-electron chi connectivity index (χ0n) is 11.9. The molecule has 0 amide bonds. The van der Waals surface area contributed by atoms with Gasteiger partial charge in [-0.25, -0.2) is 9.18 Å². The molecule has 1 aromatic rings. The van der Waals surface area contributed by atoms with Crippen molar-refractivity contribution in [3.05, 3.63) is 23.5 Å². The molecule has 0 spiro atoms. The first-order chi connectivity index (χ1) is 10.1. The van der Waals surface area contributed by atoms with Gasteiger partial charge in [0.05, 0.1) is 11.4 Å². The van der Waals surface area contributed by atoms with Gasteiger partial charge in [-0.15, -0.1) is 0 Å². The van der Waals surface area contributed by atoms with Crippen LogP contribution in [0.4, 0.5) is 15.8 Å². The molecule has 2 fully saturated rings. The quantitative estimate of drug-likeness (QED) is 0.831. The second-order valence-electron chi connectivity index (χ2n) is 5.79. The van der Waals surface area contributed by atoms with E-state index < -0.39 is 11.8 Å². The largest absolute Gasteiger partial charge is 0.478 e. The van der Waals surface area contributed by atoms with Crippen LogP contribution >= 0.6 is 0 Å². The SMILES string of the molecule is Nc1c(F)ccc(N2CCC(N3CCCC3)C2)c1C(=O)O. The van der Waals surface area contributed by atoms with E-state index in [0.29, 0.717) is 11.7 Å². The second kappa shape index (κ2) is 5.52. The summed E-state index contributed by atoms with van der Waals surface area (Å²) in [6.45, 7) is 3.81. The van der Waals surface area contributed by atoms with Gasteiger partial charge < -0.3 is 15.7 Å². The van der Waals surface area contributed by atoms with Crippen molar-refractivity contribution >= 4 is 17.3 Å². The number of nitrogen functional groups attached to an aromatic ring is 1. The van der Waals surface area contributed by atoms with Crippen LogP contribution in [0.15, 0.2) is 12.1 Å². The highest BCUT2D eigenvalue weighted by molar-refractivity contribution is 6.00. The van der Waals surface area contributed by atoms with Crippen LogP contribution in [0.3, 0.4) is 0 Å². The maximum atomic E-state index is 13.5. The average molecular weight is 293 g/mol. The Morgan fingerprint density at radius 1 is 1.29 bits per heavy atom. The fraction of sp³-hybridized carbons (Fsp3) is 0.533. The van der Waals surface area contributed by atoms with E-state index in [0.717, 1.165) is 32.6 Å². The standard InChI is InChI=1S/C15H20FN3O2/c16-11-3-4-12(13(14(11)17)15(20)21)19-8-5-10(9-19)18-6-1-2-7-18/h3-4,10H,1-2,5-9,17H2,(H,20,21). The number of benzene rings is 1. The van der Waals surface area contributed by atoms with E-state index in [1.54, 1.807) is 0 Å². The maximum absolute atomic E-state index is 13.5. The van der Waals surface area contributed by atoms with Gasteiger partial charge in [-0.2, -0.15) is 0 Å². The van der Waals surface area contributed by atoms with Crippen LogP contribution in [0.1, 0.15) is 29.6 Å².